The molecule has 1 aliphatic rings. The van der Waals surface area contributed by atoms with Gasteiger partial charge >= 0.3 is 0 Å². The van der Waals surface area contributed by atoms with Gasteiger partial charge in [0.2, 0.25) is 11.8 Å². The molecule has 5 rings (SSSR count). The third kappa shape index (κ3) is 8.32. The molecule has 0 heterocycles. The molecule has 1 fully saturated rings. The lowest BCUT2D eigenvalue weighted by Gasteiger charge is -2.34. The molecule has 0 radical (unpaired) electrons. The second-order valence-electron chi connectivity index (χ2n) is 11.5. The summed E-state index contributed by atoms with van der Waals surface area (Å²) in [6.45, 7) is 1.44. The summed E-state index contributed by atoms with van der Waals surface area (Å²) in [7, 11) is -4.14. The van der Waals surface area contributed by atoms with Gasteiger partial charge in [-0.15, -0.1) is 0 Å². The van der Waals surface area contributed by atoms with Crippen molar-refractivity contribution in [2.45, 2.75) is 62.6 Å². The molecular weight excluding hydrogens is 606 g/mol. The number of carbonyl (C=O) groups is 2. The van der Waals surface area contributed by atoms with E-state index in [1.54, 1.807) is 54.6 Å². The van der Waals surface area contributed by atoms with Gasteiger partial charge in [-0.3, -0.25) is 13.9 Å². The van der Waals surface area contributed by atoms with Crippen LogP contribution in [0.3, 0.4) is 0 Å². The van der Waals surface area contributed by atoms with Gasteiger partial charge in [-0.1, -0.05) is 97.2 Å². The average molecular weight is 644 g/mol. The molecule has 7 nitrogen and oxygen atoms in total. The second-order valence-corrected chi connectivity index (χ2v) is 13.8. The van der Waals surface area contributed by atoms with Crippen LogP contribution in [0.25, 0.3) is 0 Å². The van der Waals surface area contributed by atoms with Crippen LogP contribution in [0.15, 0.2) is 114 Å². The maximum Gasteiger partial charge on any atom is 0.264 e. The number of hydrogen-bond donors (Lipinski definition) is 1. The van der Waals surface area contributed by atoms with E-state index in [0.29, 0.717) is 10.7 Å². The van der Waals surface area contributed by atoms with Gasteiger partial charge in [-0.2, -0.15) is 0 Å². The van der Waals surface area contributed by atoms with Gasteiger partial charge in [-0.05, 0) is 72.9 Å². The maximum atomic E-state index is 14.6. The Balaban J connectivity index is 1.56. The summed E-state index contributed by atoms with van der Waals surface area (Å²) in [5, 5.41) is 3.69. The van der Waals surface area contributed by atoms with Crippen LogP contribution in [-0.4, -0.2) is 43.8 Å². The summed E-state index contributed by atoms with van der Waals surface area (Å²) in [6.07, 6.45) is 4.14. The maximum absolute atomic E-state index is 14.6. The second kappa shape index (κ2) is 14.8. The van der Waals surface area contributed by atoms with Crippen molar-refractivity contribution in [2.75, 3.05) is 10.8 Å². The van der Waals surface area contributed by atoms with E-state index in [-0.39, 0.29) is 29.8 Å². The van der Waals surface area contributed by atoms with Crippen LogP contribution in [-0.2, 0) is 32.6 Å². The number of hydrogen-bond acceptors (Lipinski definition) is 4. The topological polar surface area (TPSA) is 86.8 Å². The van der Waals surface area contributed by atoms with Crippen LogP contribution < -0.4 is 9.62 Å². The van der Waals surface area contributed by atoms with Crippen LogP contribution in [0.4, 0.5) is 5.69 Å². The predicted molar refractivity (Wildman–Crippen MR) is 178 cm³/mol. The quantitative estimate of drug-likeness (QED) is 0.190. The van der Waals surface area contributed by atoms with Crippen molar-refractivity contribution in [1.29, 1.82) is 0 Å². The zero-order valence-electron chi connectivity index (χ0n) is 25.3. The molecule has 1 saturated carbocycles. The van der Waals surface area contributed by atoms with Gasteiger partial charge in [-0.25, -0.2) is 8.42 Å². The molecule has 0 spiro atoms. The molecule has 9 heteroatoms. The van der Waals surface area contributed by atoms with Gasteiger partial charge in [0.1, 0.15) is 12.6 Å². The Bertz CT molecular complexity index is 1710. The summed E-state index contributed by atoms with van der Waals surface area (Å²) in [4.78, 5) is 30.2. The minimum Gasteiger partial charge on any atom is -0.352 e. The Morgan fingerprint density at radius 3 is 2.16 bits per heavy atom. The van der Waals surface area contributed by atoms with Crippen molar-refractivity contribution in [3.8, 4) is 0 Å². The van der Waals surface area contributed by atoms with Crippen molar-refractivity contribution < 1.29 is 18.0 Å². The highest BCUT2D eigenvalue weighted by molar-refractivity contribution is 7.92. The van der Waals surface area contributed by atoms with Crippen LogP contribution in [0.5, 0.6) is 0 Å². The fourth-order valence-electron chi connectivity index (χ4n) is 5.79. The summed E-state index contributed by atoms with van der Waals surface area (Å²) < 4.78 is 29.3. The highest BCUT2D eigenvalue weighted by Gasteiger charge is 2.35. The Labute approximate surface area is 270 Å². The first kappa shape index (κ1) is 32.3. The van der Waals surface area contributed by atoms with Crippen LogP contribution in [0.1, 0.15) is 42.4 Å². The molecule has 0 unspecified atom stereocenters. The number of nitrogens with one attached hydrogen (secondary N) is 1. The smallest absolute Gasteiger partial charge is 0.264 e. The lowest BCUT2D eigenvalue weighted by atomic mass is 10.0. The molecule has 1 atom stereocenters. The highest BCUT2D eigenvalue weighted by Crippen LogP contribution is 2.26. The minimum absolute atomic E-state index is 0.0427. The number of anilines is 1. The summed E-state index contributed by atoms with van der Waals surface area (Å²) in [6, 6.07) is 31.0. The van der Waals surface area contributed by atoms with E-state index in [1.807, 2.05) is 49.4 Å². The van der Waals surface area contributed by atoms with Crippen molar-refractivity contribution in [3.05, 3.63) is 131 Å². The van der Waals surface area contributed by atoms with Gasteiger partial charge < -0.3 is 10.2 Å². The average Bonchev–Trinajstić information content (AvgIpc) is 3.55. The molecular formula is C36H38ClN3O4S. The lowest BCUT2D eigenvalue weighted by molar-refractivity contribution is -0.140. The minimum atomic E-state index is -4.14. The van der Waals surface area contributed by atoms with E-state index in [4.69, 9.17) is 11.6 Å². The first-order valence-electron chi connectivity index (χ1n) is 15.2. The molecule has 45 heavy (non-hydrogen) atoms. The van der Waals surface area contributed by atoms with Gasteiger partial charge in [0.05, 0.1) is 10.6 Å². The van der Waals surface area contributed by atoms with E-state index in [0.717, 1.165) is 46.7 Å². The first-order chi connectivity index (χ1) is 21.7. The van der Waals surface area contributed by atoms with Crippen LogP contribution in [0, 0.1) is 6.92 Å². The van der Waals surface area contributed by atoms with Crippen molar-refractivity contribution in [2.24, 2.45) is 0 Å². The predicted octanol–water partition coefficient (Wildman–Crippen LogP) is 6.54. The van der Waals surface area contributed by atoms with Crippen LogP contribution in [0.2, 0.25) is 5.02 Å². The summed E-state index contributed by atoms with van der Waals surface area (Å²) in [5.41, 5.74) is 2.84. The number of rotatable bonds is 12. The molecule has 2 amide bonds. The summed E-state index contributed by atoms with van der Waals surface area (Å²) in [5.74, 6) is -0.757. The Morgan fingerprint density at radius 2 is 1.49 bits per heavy atom. The molecule has 1 aliphatic carbocycles. The largest absolute Gasteiger partial charge is 0.352 e. The number of aryl methyl sites for hydroxylation is 1. The third-order valence-corrected chi connectivity index (χ3v) is 10.1. The van der Waals surface area contributed by atoms with Gasteiger partial charge in [0.25, 0.3) is 10.0 Å². The monoisotopic (exact) mass is 643 g/mol. The SMILES string of the molecule is Cc1cccc(N(CC(=O)N(Cc2cccc(Cl)c2)[C@@H](Cc2ccccc2)C(=O)NC2CCCC2)S(=O)(=O)c2ccccc2)c1. The Morgan fingerprint density at radius 1 is 0.844 bits per heavy atom. The molecule has 0 bridgehead atoms. The molecule has 4 aromatic carbocycles. The van der Waals surface area contributed by atoms with Crippen LogP contribution >= 0.6 is 11.6 Å². The van der Waals surface area contributed by atoms with E-state index in [9.17, 15) is 18.0 Å². The van der Waals surface area contributed by atoms with Gasteiger partial charge in [0, 0.05) is 24.0 Å². The molecule has 4 aromatic rings. The molecule has 234 valence electrons. The van der Waals surface area contributed by atoms with E-state index in [1.165, 1.54) is 17.0 Å². The highest BCUT2D eigenvalue weighted by atomic mass is 35.5. The van der Waals surface area contributed by atoms with E-state index in [2.05, 4.69) is 5.32 Å². The molecule has 0 aliphatic heterocycles. The van der Waals surface area contributed by atoms with Crippen molar-refractivity contribution in [3.63, 3.8) is 0 Å². The van der Waals surface area contributed by atoms with Gasteiger partial charge in [0.15, 0.2) is 0 Å². The number of amides is 2. The first-order valence-corrected chi connectivity index (χ1v) is 17.1. The van der Waals surface area contributed by atoms with E-state index >= 15 is 0 Å². The number of halogens is 1. The van der Waals surface area contributed by atoms with Crippen molar-refractivity contribution >= 4 is 39.1 Å². The fourth-order valence-corrected chi connectivity index (χ4v) is 7.42. The zero-order chi connectivity index (χ0) is 31.8. The molecule has 0 saturated heterocycles. The number of carbonyl (C=O) groups excluding carboxylic acids is 2. The standard InChI is InChI=1S/C36H38ClN3O4S/c1-27-12-10-19-32(22-27)40(45(43,44)33-20-6-3-7-21-33)26-35(41)39(25-29-15-11-16-30(37)23-29)34(24-28-13-4-2-5-14-28)36(42)38-31-17-8-9-18-31/h2-7,10-16,19-23,31,34H,8-9,17-18,24-26H2,1H3,(H,38,42)/t34-/m0/s1. The fraction of sp³-hybridized carbons (Fsp3) is 0.278. The normalized spacial score (nSPS) is 14.1. The third-order valence-electron chi connectivity index (χ3n) is 8.11. The Hall–Kier alpha value is -4.14. The lowest BCUT2D eigenvalue weighted by Crippen LogP contribution is -2.54. The Kier molecular flexibility index (Phi) is 10.6. The summed E-state index contributed by atoms with van der Waals surface area (Å²) >= 11 is 6.33. The number of sulfonamides is 1. The molecule has 0 aromatic heterocycles. The van der Waals surface area contributed by atoms with E-state index < -0.39 is 28.5 Å². The number of nitrogens with zero attached hydrogens (tertiary/aromatic N) is 2. The zero-order valence-corrected chi connectivity index (χ0v) is 26.9. The number of benzene rings is 4. The molecule has 1 N–H and O–H groups in total. The van der Waals surface area contributed by atoms with Crippen molar-refractivity contribution in [1.82, 2.24) is 10.2 Å².